The Hall–Kier alpha value is -1.30. The number of aliphatic imine (C=N–C) groups is 1. The van der Waals surface area contributed by atoms with E-state index < -0.39 is 10.0 Å². The molecule has 0 atom stereocenters. The highest BCUT2D eigenvalue weighted by molar-refractivity contribution is 14.0. The van der Waals surface area contributed by atoms with Gasteiger partial charge in [-0.2, -0.15) is 0 Å². The Morgan fingerprint density at radius 1 is 1.25 bits per heavy atom. The summed E-state index contributed by atoms with van der Waals surface area (Å²) in [5, 5.41) is 4.03. The number of hydrogen-bond acceptors (Lipinski definition) is 3. The van der Waals surface area contributed by atoms with Crippen LogP contribution in [0.3, 0.4) is 0 Å². The van der Waals surface area contributed by atoms with Gasteiger partial charge in [0.15, 0.2) is 5.96 Å². The number of sulfonamides is 1. The van der Waals surface area contributed by atoms with Crippen molar-refractivity contribution in [2.24, 2.45) is 12.0 Å². The predicted molar refractivity (Wildman–Crippen MR) is 126 cm³/mol. The van der Waals surface area contributed by atoms with E-state index in [0.717, 1.165) is 22.8 Å². The first-order valence-corrected chi connectivity index (χ1v) is 10.5. The molecule has 2 rings (SSSR count). The van der Waals surface area contributed by atoms with Gasteiger partial charge in [0, 0.05) is 39.6 Å². The summed E-state index contributed by atoms with van der Waals surface area (Å²) in [7, 11) is 3.81. The molecule has 1 heterocycles. The molecular weight excluding hydrogens is 513 g/mol. The number of hydrogen-bond donors (Lipinski definition) is 2. The Morgan fingerprint density at radius 2 is 1.86 bits per heavy atom. The van der Waals surface area contributed by atoms with E-state index in [0.29, 0.717) is 18.1 Å². The molecule has 0 unspecified atom stereocenters. The zero-order chi connectivity index (χ0) is 20.0. The molecule has 0 aliphatic rings. The van der Waals surface area contributed by atoms with Crippen molar-refractivity contribution in [3.05, 3.63) is 58.4 Å². The van der Waals surface area contributed by atoms with Crippen molar-refractivity contribution >= 4 is 51.6 Å². The van der Waals surface area contributed by atoms with Crippen LogP contribution in [0.2, 0.25) is 5.02 Å². The smallest absolute Gasteiger partial charge is 0.215 e. The summed E-state index contributed by atoms with van der Waals surface area (Å²) in [6.07, 6.45) is 1.87. The molecule has 2 N–H and O–H groups in total. The molecule has 1 aromatic heterocycles. The summed E-state index contributed by atoms with van der Waals surface area (Å²) in [5.41, 5.74) is 2.87. The Kier molecular flexibility index (Phi) is 9.75. The van der Waals surface area contributed by atoms with Crippen LogP contribution in [0, 0.1) is 0 Å². The van der Waals surface area contributed by atoms with Gasteiger partial charge in [-0.1, -0.05) is 35.9 Å². The van der Waals surface area contributed by atoms with Crippen LogP contribution in [0.25, 0.3) is 0 Å². The van der Waals surface area contributed by atoms with Gasteiger partial charge in [-0.3, -0.25) is 4.99 Å². The van der Waals surface area contributed by atoms with E-state index in [-0.39, 0.29) is 29.7 Å². The standard InChI is InChI=1S/C18H26ClN5O2S.HI/c1-20-18(24(4)12-17-9-16(19)11-23(17)3)22-10-14-5-7-15(8-6-14)13-27(25,26)21-2;/h5-9,11,21H,10,12-13H2,1-4H3,(H,20,22);1H. The number of aryl methyl sites for hydroxylation is 1. The second kappa shape index (κ2) is 11.0. The van der Waals surface area contributed by atoms with Gasteiger partial charge in [0.25, 0.3) is 0 Å². The van der Waals surface area contributed by atoms with E-state index >= 15 is 0 Å². The van der Waals surface area contributed by atoms with E-state index in [1.54, 1.807) is 7.05 Å². The van der Waals surface area contributed by atoms with Crippen molar-refractivity contribution in [1.29, 1.82) is 0 Å². The highest BCUT2D eigenvalue weighted by Crippen LogP contribution is 2.14. The SMILES string of the molecule is CN=C(NCc1ccc(CS(=O)(=O)NC)cc1)N(C)Cc1cc(Cl)cn1C.I. The Bertz CT molecular complexity index is 897. The number of rotatable bonds is 7. The number of aromatic nitrogens is 1. The Morgan fingerprint density at radius 3 is 2.36 bits per heavy atom. The molecule has 0 saturated carbocycles. The predicted octanol–water partition coefficient (Wildman–Crippen LogP) is 2.55. The maximum Gasteiger partial charge on any atom is 0.215 e. The van der Waals surface area contributed by atoms with Crippen molar-refractivity contribution in [1.82, 2.24) is 19.5 Å². The van der Waals surface area contributed by atoms with Gasteiger partial charge >= 0.3 is 0 Å². The minimum absolute atomic E-state index is 0. The van der Waals surface area contributed by atoms with Crippen molar-refractivity contribution in [3.63, 3.8) is 0 Å². The molecule has 0 bridgehead atoms. The maximum atomic E-state index is 11.6. The maximum absolute atomic E-state index is 11.6. The van der Waals surface area contributed by atoms with Crippen LogP contribution in [0.4, 0.5) is 0 Å². The van der Waals surface area contributed by atoms with Crippen molar-refractivity contribution < 1.29 is 8.42 Å². The van der Waals surface area contributed by atoms with E-state index in [1.807, 2.05) is 60.1 Å². The highest BCUT2D eigenvalue weighted by atomic mass is 127. The van der Waals surface area contributed by atoms with Gasteiger partial charge in [0.1, 0.15) is 0 Å². The number of nitrogens with zero attached hydrogens (tertiary/aromatic N) is 3. The van der Waals surface area contributed by atoms with Crippen LogP contribution in [-0.4, -0.2) is 45.0 Å². The molecule has 156 valence electrons. The average Bonchev–Trinajstić information content (AvgIpc) is 2.93. The lowest BCUT2D eigenvalue weighted by molar-refractivity contribution is 0.461. The van der Waals surface area contributed by atoms with E-state index in [9.17, 15) is 8.42 Å². The molecule has 0 radical (unpaired) electrons. The molecule has 0 amide bonds. The fourth-order valence-corrected chi connectivity index (χ4v) is 3.70. The van der Waals surface area contributed by atoms with E-state index in [4.69, 9.17) is 11.6 Å². The molecule has 1 aromatic carbocycles. The van der Waals surface area contributed by atoms with E-state index in [1.165, 1.54) is 7.05 Å². The summed E-state index contributed by atoms with van der Waals surface area (Å²) in [5.74, 6) is 0.732. The fraction of sp³-hybridized carbons (Fsp3) is 0.389. The number of guanidine groups is 1. The van der Waals surface area contributed by atoms with Crippen LogP contribution < -0.4 is 10.0 Å². The van der Waals surface area contributed by atoms with Gasteiger partial charge in [0.05, 0.1) is 17.3 Å². The minimum atomic E-state index is -3.26. The molecule has 0 spiro atoms. The van der Waals surface area contributed by atoms with E-state index in [2.05, 4.69) is 15.0 Å². The summed E-state index contributed by atoms with van der Waals surface area (Å²) < 4.78 is 27.5. The van der Waals surface area contributed by atoms with Crippen molar-refractivity contribution in [2.45, 2.75) is 18.8 Å². The molecule has 28 heavy (non-hydrogen) atoms. The molecule has 0 aliphatic carbocycles. The number of benzene rings is 1. The second-order valence-electron chi connectivity index (χ2n) is 6.30. The molecular formula is C18H27ClIN5O2S. The Labute approximate surface area is 189 Å². The molecule has 7 nitrogen and oxygen atoms in total. The van der Waals surface area contributed by atoms with Gasteiger partial charge in [0.2, 0.25) is 10.0 Å². The third-order valence-electron chi connectivity index (χ3n) is 4.19. The van der Waals surface area contributed by atoms with Gasteiger partial charge in [-0.25, -0.2) is 13.1 Å². The summed E-state index contributed by atoms with van der Waals surface area (Å²) in [4.78, 5) is 6.33. The lowest BCUT2D eigenvalue weighted by atomic mass is 10.1. The summed E-state index contributed by atoms with van der Waals surface area (Å²) in [6, 6.07) is 9.41. The van der Waals surface area contributed by atoms with Crippen LogP contribution in [-0.2, 0) is 35.9 Å². The zero-order valence-corrected chi connectivity index (χ0v) is 20.3. The summed E-state index contributed by atoms with van der Waals surface area (Å²) >= 11 is 6.04. The van der Waals surface area contributed by atoms with Gasteiger partial charge < -0.3 is 14.8 Å². The summed E-state index contributed by atoms with van der Waals surface area (Å²) in [6.45, 7) is 1.26. The van der Waals surface area contributed by atoms with Crippen molar-refractivity contribution in [2.75, 3.05) is 21.1 Å². The third-order valence-corrected chi connectivity index (χ3v) is 5.73. The number of nitrogens with one attached hydrogen (secondary N) is 2. The topological polar surface area (TPSA) is 78.7 Å². The first-order valence-electron chi connectivity index (χ1n) is 8.45. The molecule has 10 heteroatoms. The van der Waals surface area contributed by atoms with Crippen LogP contribution in [0.1, 0.15) is 16.8 Å². The van der Waals surface area contributed by atoms with Gasteiger partial charge in [-0.15, -0.1) is 24.0 Å². The highest BCUT2D eigenvalue weighted by Gasteiger charge is 2.11. The lowest BCUT2D eigenvalue weighted by Gasteiger charge is -2.22. The lowest BCUT2D eigenvalue weighted by Crippen LogP contribution is -2.38. The van der Waals surface area contributed by atoms with Crippen LogP contribution in [0.15, 0.2) is 41.5 Å². The Balaban J connectivity index is 0.00000392. The van der Waals surface area contributed by atoms with Gasteiger partial charge in [-0.05, 0) is 24.2 Å². The molecule has 0 aliphatic heterocycles. The quantitative estimate of drug-likeness (QED) is 0.322. The van der Waals surface area contributed by atoms with Crippen molar-refractivity contribution in [3.8, 4) is 0 Å². The number of halogens is 2. The normalized spacial score (nSPS) is 11.8. The van der Waals surface area contributed by atoms with Crippen LogP contribution >= 0.6 is 35.6 Å². The first-order chi connectivity index (χ1) is 12.7. The third kappa shape index (κ3) is 7.26. The zero-order valence-electron chi connectivity index (χ0n) is 16.4. The average molecular weight is 540 g/mol. The monoisotopic (exact) mass is 539 g/mol. The first kappa shape index (κ1) is 24.7. The second-order valence-corrected chi connectivity index (χ2v) is 8.66. The fourth-order valence-electron chi connectivity index (χ4n) is 2.65. The largest absolute Gasteiger partial charge is 0.352 e. The van der Waals surface area contributed by atoms with Crippen LogP contribution in [0.5, 0.6) is 0 Å². The molecule has 2 aromatic rings. The minimum Gasteiger partial charge on any atom is -0.352 e. The molecule has 0 fully saturated rings. The molecule has 0 saturated heterocycles.